The summed E-state index contributed by atoms with van der Waals surface area (Å²) in [6.45, 7) is 5.48. The third-order valence-corrected chi connectivity index (χ3v) is 3.17. The number of ketones is 1. The summed E-state index contributed by atoms with van der Waals surface area (Å²) in [7, 11) is 0. The van der Waals surface area contributed by atoms with Gasteiger partial charge < -0.3 is 4.90 Å². The number of carbonyl (C=O) groups is 1. The molecular weight excluding hydrogens is 150 g/mol. The zero-order chi connectivity index (χ0) is 8.55. The van der Waals surface area contributed by atoms with Crippen molar-refractivity contribution in [2.24, 2.45) is 11.8 Å². The maximum Gasteiger partial charge on any atom is 0.141 e. The molecule has 2 heteroatoms. The summed E-state index contributed by atoms with van der Waals surface area (Å²) in [5.41, 5.74) is 0. The van der Waals surface area contributed by atoms with Crippen molar-refractivity contribution in [3.8, 4) is 0 Å². The lowest BCUT2D eigenvalue weighted by atomic mass is 9.97. The molecule has 1 aliphatic carbocycles. The summed E-state index contributed by atoms with van der Waals surface area (Å²) in [5.74, 6) is 1.35. The second-order valence-corrected chi connectivity index (χ2v) is 4.13. The van der Waals surface area contributed by atoms with Crippen LogP contribution in [0.5, 0.6) is 0 Å². The average molecular weight is 167 g/mol. The monoisotopic (exact) mass is 167 g/mol. The molecule has 2 rings (SSSR count). The summed E-state index contributed by atoms with van der Waals surface area (Å²) in [6.07, 6.45) is 3.53. The van der Waals surface area contributed by atoms with Crippen LogP contribution >= 0.6 is 0 Å². The van der Waals surface area contributed by atoms with E-state index < -0.39 is 0 Å². The molecule has 0 radical (unpaired) electrons. The van der Waals surface area contributed by atoms with Crippen LogP contribution in [0, 0.1) is 11.8 Å². The molecule has 1 aliphatic heterocycles. The first kappa shape index (κ1) is 8.24. The third kappa shape index (κ3) is 1.28. The van der Waals surface area contributed by atoms with E-state index in [1.54, 1.807) is 0 Å². The molecule has 2 fully saturated rings. The van der Waals surface area contributed by atoms with Crippen molar-refractivity contribution in [2.45, 2.75) is 26.2 Å². The number of hydrogen-bond acceptors (Lipinski definition) is 2. The minimum Gasteiger partial charge on any atom is -0.302 e. The molecular formula is C10H17NO. The Hall–Kier alpha value is -0.370. The number of fused-ring (bicyclic) bond motifs is 2. The Bertz CT molecular complexity index is 174. The Balaban J connectivity index is 1.98. The number of hydrogen-bond donors (Lipinski definition) is 0. The number of carbonyl (C=O) groups excluding carboxylic acids is 1. The van der Waals surface area contributed by atoms with Crippen LogP contribution in [0.1, 0.15) is 26.2 Å². The second kappa shape index (κ2) is 3.17. The summed E-state index contributed by atoms with van der Waals surface area (Å²) < 4.78 is 0. The van der Waals surface area contributed by atoms with Gasteiger partial charge in [-0.3, -0.25) is 4.79 Å². The first-order valence-corrected chi connectivity index (χ1v) is 5.07. The van der Waals surface area contributed by atoms with Crippen LogP contribution in [0.15, 0.2) is 0 Å². The molecule has 1 saturated carbocycles. The van der Waals surface area contributed by atoms with Crippen LogP contribution < -0.4 is 0 Å². The van der Waals surface area contributed by atoms with Gasteiger partial charge in [0, 0.05) is 24.9 Å². The Morgan fingerprint density at radius 1 is 1.33 bits per heavy atom. The highest BCUT2D eigenvalue weighted by atomic mass is 16.1. The standard InChI is InChI=1S/C10H17NO/c1-2-5-11-6-8-3-4-9(7-11)10(8)12/h8-9H,2-7H2,1H3. The van der Waals surface area contributed by atoms with E-state index in [-0.39, 0.29) is 0 Å². The second-order valence-electron chi connectivity index (χ2n) is 4.13. The lowest BCUT2D eigenvalue weighted by Gasteiger charge is -2.30. The van der Waals surface area contributed by atoms with Crippen LogP contribution in [0.3, 0.4) is 0 Å². The van der Waals surface area contributed by atoms with Crippen molar-refractivity contribution in [2.75, 3.05) is 19.6 Å². The molecule has 0 spiro atoms. The lowest BCUT2D eigenvalue weighted by molar-refractivity contribution is -0.127. The largest absolute Gasteiger partial charge is 0.302 e. The van der Waals surface area contributed by atoms with Gasteiger partial charge in [-0.25, -0.2) is 0 Å². The number of rotatable bonds is 2. The summed E-state index contributed by atoms with van der Waals surface area (Å²) in [5, 5.41) is 0. The van der Waals surface area contributed by atoms with Crippen LogP contribution in [-0.2, 0) is 4.79 Å². The third-order valence-electron chi connectivity index (χ3n) is 3.17. The first-order valence-electron chi connectivity index (χ1n) is 5.07. The molecule has 0 aromatic rings. The minimum absolute atomic E-state index is 0.398. The Morgan fingerprint density at radius 3 is 2.42 bits per heavy atom. The highest BCUT2D eigenvalue weighted by Crippen LogP contribution is 2.33. The number of Topliss-reactive ketones (excluding diaryl/α,β-unsaturated/α-hetero) is 1. The van der Waals surface area contributed by atoms with E-state index in [0.717, 1.165) is 25.9 Å². The van der Waals surface area contributed by atoms with Gasteiger partial charge in [0.25, 0.3) is 0 Å². The van der Waals surface area contributed by atoms with Crippen molar-refractivity contribution < 1.29 is 4.79 Å². The van der Waals surface area contributed by atoms with E-state index in [9.17, 15) is 4.79 Å². The summed E-state index contributed by atoms with van der Waals surface area (Å²) in [4.78, 5) is 14.0. The Morgan fingerprint density at radius 2 is 1.92 bits per heavy atom. The van der Waals surface area contributed by atoms with Crippen LogP contribution in [0.4, 0.5) is 0 Å². The van der Waals surface area contributed by atoms with Crippen molar-refractivity contribution in [3.63, 3.8) is 0 Å². The van der Waals surface area contributed by atoms with Gasteiger partial charge in [0.2, 0.25) is 0 Å². The molecule has 0 aromatic carbocycles. The number of piperidine rings is 1. The Labute approximate surface area is 73.9 Å². The topological polar surface area (TPSA) is 20.3 Å². The molecule has 12 heavy (non-hydrogen) atoms. The minimum atomic E-state index is 0.398. The Kier molecular flexibility index (Phi) is 2.18. The molecule has 0 aromatic heterocycles. The van der Waals surface area contributed by atoms with Crippen molar-refractivity contribution in [3.05, 3.63) is 0 Å². The summed E-state index contributed by atoms with van der Waals surface area (Å²) >= 11 is 0. The molecule has 2 bridgehead atoms. The maximum absolute atomic E-state index is 11.5. The van der Waals surface area contributed by atoms with Crippen molar-refractivity contribution >= 4 is 5.78 Å². The summed E-state index contributed by atoms with van der Waals surface area (Å²) in [6, 6.07) is 0. The van der Waals surface area contributed by atoms with Gasteiger partial charge in [-0.1, -0.05) is 6.92 Å². The van der Waals surface area contributed by atoms with E-state index in [1.807, 2.05) is 0 Å². The van der Waals surface area contributed by atoms with E-state index in [2.05, 4.69) is 11.8 Å². The van der Waals surface area contributed by atoms with Gasteiger partial charge in [0.05, 0.1) is 0 Å². The predicted molar refractivity (Wildman–Crippen MR) is 48.0 cm³/mol. The molecule has 0 amide bonds. The molecule has 2 unspecified atom stereocenters. The van der Waals surface area contributed by atoms with Gasteiger partial charge in [-0.15, -0.1) is 0 Å². The molecule has 2 aliphatic rings. The molecule has 0 N–H and O–H groups in total. The molecule has 2 nitrogen and oxygen atoms in total. The van der Waals surface area contributed by atoms with Crippen LogP contribution in [-0.4, -0.2) is 30.3 Å². The highest BCUT2D eigenvalue weighted by Gasteiger charge is 2.39. The average Bonchev–Trinajstić information content (AvgIpc) is 2.33. The molecule has 1 heterocycles. The maximum atomic E-state index is 11.5. The smallest absolute Gasteiger partial charge is 0.141 e. The van der Waals surface area contributed by atoms with E-state index in [0.29, 0.717) is 17.6 Å². The van der Waals surface area contributed by atoms with Gasteiger partial charge >= 0.3 is 0 Å². The highest BCUT2D eigenvalue weighted by molar-refractivity contribution is 5.86. The zero-order valence-electron chi connectivity index (χ0n) is 7.75. The quantitative estimate of drug-likeness (QED) is 0.618. The lowest BCUT2D eigenvalue weighted by Crippen LogP contribution is -2.42. The predicted octanol–water partition coefficient (Wildman–Crippen LogP) is 1.31. The van der Waals surface area contributed by atoms with Gasteiger partial charge in [0.15, 0.2) is 0 Å². The normalized spacial score (nSPS) is 35.9. The fourth-order valence-electron chi connectivity index (χ4n) is 2.58. The molecule has 1 saturated heterocycles. The fraction of sp³-hybridized carbons (Fsp3) is 0.900. The van der Waals surface area contributed by atoms with E-state index in [1.165, 1.54) is 13.0 Å². The van der Waals surface area contributed by atoms with Crippen LogP contribution in [0.2, 0.25) is 0 Å². The SMILES string of the molecule is CCCN1CC2CCC(C1)C2=O. The fourth-order valence-corrected chi connectivity index (χ4v) is 2.58. The van der Waals surface area contributed by atoms with Crippen molar-refractivity contribution in [1.82, 2.24) is 4.90 Å². The van der Waals surface area contributed by atoms with Gasteiger partial charge in [-0.2, -0.15) is 0 Å². The van der Waals surface area contributed by atoms with Crippen molar-refractivity contribution in [1.29, 1.82) is 0 Å². The molecule has 68 valence electrons. The number of nitrogens with zero attached hydrogens (tertiary/aromatic N) is 1. The van der Waals surface area contributed by atoms with E-state index >= 15 is 0 Å². The van der Waals surface area contributed by atoms with Gasteiger partial charge in [-0.05, 0) is 25.8 Å². The first-order chi connectivity index (χ1) is 5.81. The molecule has 2 atom stereocenters. The zero-order valence-corrected chi connectivity index (χ0v) is 7.75. The van der Waals surface area contributed by atoms with E-state index in [4.69, 9.17) is 0 Å². The van der Waals surface area contributed by atoms with Crippen LogP contribution in [0.25, 0.3) is 0 Å². The number of likely N-dealkylation sites (tertiary alicyclic amines) is 1. The van der Waals surface area contributed by atoms with Gasteiger partial charge in [0.1, 0.15) is 5.78 Å².